The minimum Gasteiger partial charge on any atom is -0.465 e. The maximum absolute atomic E-state index is 12.5. The molecule has 2 rings (SSSR count). The van der Waals surface area contributed by atoms with Crippen LogP contribution >= 0.6 is 22.7 Å². The molecule has 0 aliphatic heterocycles. The first-order valence-corrected chi connectivity index (χ1v) is 8.95. The third kappa shape index (κ3) is 3.75. The molecule has 0 radical (unpaired) electrons. The van der Waals surface area contributed by atoms with Crippen molar-refractivity contribution < 1.29 is 19.1 Å². The fourth-order valence-electron chi connectivity index (χ4n) is 2.30. The first-order chi connectivity index (χ1) is 10.7. The monoisotopic (exact) mass is 338 g/mol. The van der Waals surface area contributed by atoms with E-state index in [1.54, 1.807) is 13.8 Å². The molecule has 2 atom stereocenters. The predicted octanol–water partition coefficient (Wildman–Crippen LogP) is 3.80. The van der Waals surface area contributed by atoms with Crippen LogP contribution in [0.3, 0.4) is 0 Å². The quantitative estimate of drug-likeness (QED) is 0.721. The maximum Gasteiger partial charge on any atom is 0.314 e. The zero-order valence-corrected chi connectivity index (χ0v) is 14.1. The highest BCUT2D eigenvalue weighted by Gasteiger charge is 2.38. The van der Waals surface area contributed by atoms with Gasteiger partial charge in [-0.3, -0.25) is 9.59 Å². The van der Waals surface area contributed by atoms with Gasteiger partial charge in [-0.05, 0) is 58.6 Å². The SMILES string of the molecule is CCOC(=O)C(c1ccsc1)C(C(=O)OCC)c1ccsc1. The Balaban J connectivity index is 2.43. The molecule has 0 aliphatic rings. The molecule has 0 amide bonds. The summed E-state index contributed by atoms with van der Waals surface area (Å²) in [6.07, 6.45) is 0. The van der Waals surface area contributed by atoms with Gasteiger partial charge in [-0.15, -0.1) is 0 Å². The standard InChI is InChI=1S/C16H18O4S2/c1-3-19-15(17)13(11-5-7-21-9-11)14(16(18)20-4-2)12-6-8-22-10-12/h5-10,13-14H,3-4H2,1-2H3. The van der Waals surface area contributed by atoms with Crippen molar-refractivity contribution in [2.24, 2.45) is 0 Å². The third-order valence-electron chi connectivity index (χ3n) is 3.22. The zero-order valence-electron chi connectivity index (χ0n) is 12.5. The molecule has 118 valence electrons. The highest BCUT2D eigenvalue weighted by atomic mass is 32.1. The molecule has 6 heteroatoms. The highest BCUT2D eigenvalue weighted by molar-refractivity contribution is 7.08. The number of ether oxygens (including phenoxy) is 2. The van der Waals surface area contributed by atoms with Crippen molar-refractivity contribution >= 4 is 34.6 Å². The summed E-state index contributed by atoms with van der Waals surface area (Å²) < 4.78 is 10.4. The van der Waals surface area contributed by atoms with E-state index in [9.17, 15) is 9.59 Å². The summed E-state index contributed by atoms with van der Waals surface area (Å²) in [5.41, 5.74) is 1.57. The molecule has 0 fully saturated rings. The van der Waals surface area contributed by atoms with E-state index in [0.717, 1.165) is 11.1 Å². The van der Waals surface area contributed by atoms with Gasteiger partial charge in [0.25, 0.3) is 0 Å². The number of carbonyl (C=O) groups is 2. The Morgan fingerprint density at radius 1 is 0.909 bits per heavy atom. The smallest absolute Gasteiger partial charge is 0.314 e. The van der Waals surface area contributed by atoms with E-state index < -0.39 is 23.8 Å². The third-order valence-corrected chi connectivity index (χ3v) is 4.62. The second-order valence-electron chi connectivity index (χ2n) is 4.57. The van der Waals surface area contributed by atoms with E-state index in [4.69, 9.17) is 9.47 Å². The fourth-order valence-corrected chi connectivity index (χ4v) is 3.69. The lowest BCUT2D eigenvalue weighted by molar-refractivity contribution is -0.153. The lowest BCUT2D eigenvalue weighted by atomic mass is 9.83. The molecule has 2 unspecified atom stereocenters. The minimum absolute atomic E-state index is 0.276. The molecule has 0 aromatic carbocycles. The lowest BCUT2D eigenvalue weighted by Crippen LogP contribution is -2.29. The van der Waals surface area contributed by atoms with Crippen molar-refractivity contribution in [3.05, 3.63) is 44.8 Å². The first kappa shape index (κ1) is 16.7. The second kappa shape index (κ2) is 8.10. The number of hydrogen-bond donors (Lipinski definition) is 0. The molecule has 2 aromatic heterocycles. The predicted molar refractivity (Wildman–Crippen MR) is 87.4 cm³/mol. The van der Waals surface area contributed by atoms with Crippen LogP contribution in [0.25, 0.3) is 0 Å². The van der Waals surface area contributed by atoms with Crippen molar-refractivity contribution in [2.75, 3.05) is 13.2 Å². The van der Waals surface area contributed by atoms with Crippen LogP contribution in [-0.2, 0) is 19.1 Å². The summed E-state index contributed by atoms with van der Waals surface area (Å²) in [4.78, 5) is 24.9. The minimum atomic E-state index is -0.681. The van der Waals surface area contributed by atoms with Crippen LogP contribution in [0, 0.1) is 0 Å². The Morgan fingerprint density at radius 2 is 1.32 bits per heavy atom. The van der Waals surface area contributed by atoms with Gasteiger partial charge in [-0.1, -0.05) is 0 Å². The number of esters is 2. The molecule has 4 nitrogen and oxygen atoms in total. The van der Waals surface area contributed by atoms with Crippen molar-refractivity contribution in [3.8, 4) is 0 Å². The van der Waals surface area contributed by atoms with E-state index in [-0.39, 0.29) is 13.2 Å². The van der Waals surface area contributed by atoms with Gasteiger partial charge in [0.2, 0.25) is 0 Å². The van der Waals surface area contributed by atoms with Gasteiger partial charge in [0.1, 0.15) is 11.8 Å². The van der Waals surface area contributed by atoms with E-state index in [1.165, 1.54) is 22.7 Å². The molecule has 0 saturated heterocycles. The van der Waals surface area contributed by atoms with Crippen molar-refractivity contribution in [1.29, 1.82) is 0 Å². The van der Waals surface area contributed by atoms with Crippen LogP contribution in [0.4, 0.5) is 0 Å². The van der Waals surface area contributed by atoms with Gasteiger partial charge in [-0.25, -0.2) is 0 Å². The Labute approximate surface area is 137 Å². The summed E-state index contributed by atoms with van der Waals surface area (Å²) in [6, 6.07) is 3.70. The van der Waals surface area contributed by atoms with Crippen LogP contribution in [0.15, 0.2) is 33.7 Å². The number of rotatable bonds is 7. The average Bonchev–Trinajstić information content (AvgIpc) is 3.18. The molecule has 2 heterocycles. The van der Waals surface area contributed by atoms with Crippen LogP contribution in [0.1, 0.15) is 36.8 Å². The largest absolute Gasteiger partial charge is 0.465 e. The Kier molecular flexibility index (Phi) is 6.15. The number of carbonyl (C=O) groups excluding carboxylic acids is 2. The summed E-state index contributed by atoms with van der Waals surface area (Å²) in [7, 11) is 0. The second-order valence-corrected chi connectivity index (χ2v) is 6.13. The van der Waals surface area contributed by atoms with Crippen molar-refractivity contribution in [3.63, 3.8) is 0 Å². The zero-order chi connectivity index (χ0) is 15.9. The molecule has 0 saturated carbocycles. The van der Waals surface area contributed by atoms with Gasteiger partial charge in [-0.2, -0.15) is 22.7 Å². The Hall–Kier alpha value is -1.66. The van der Waals surface area contributed by atoms with Gasteiger partial charge < -0.3 is 9.47 Å². The summed E-state index contributed by atoms with van der Waals surface area (Å²) in [6.45, 7) is 4.07. The molecule has 0 bridgehead atoms. The van der Waals surface area contributed by atoms with E-state index >= 15 is 0 Å². The van der Waals surface area contributed by atoms with E-state index in [2.05, 4.69) is 0 Å². The first-order valence-electron chi connectivity index (χ1n) is 7.06. The Morgan fingerprint density at radius 3 is 1.59 bits per heavy atom. The molecule has 0 aliphatic carbocycles. The van der Waals surface area contributed by atoms with Crippen LogP contribution < -0.4 is 0 Å². The van der Waals surface area contributed by atoms with Gasteiger partial charge in [0.05, 0.1) is 13.2 Å². The topological polar surface area (TPSA) is 52.6 Å². The van der Waals surface area contributed by atoms with Crippen LogP contribution in [-0.4, -0.2) is 25.2 Å². The molecular formula is C16H18O4S2. The highest BCUT2D eigenvalue weighted by Crippen LogP contribution is 2.37. The lowest BCUT2D eigenvalue weighted by Gasteiger charge is -2.23. The van der Waals surface area contributed by atoms with Gasteiger partial charge in [0, 0.05) is 0 Å². The maximum atomic E-state index is 12.5. The summed E-state index contributed by atoms with van der Waals surface area (Å²) in [5, 5.41) is 7.52. The molecule has 22 heavy (non-hydrogen) atoms. The molecule has 0 N–H and O–H groups in total. The Bertz CT molecular complexity index is 535. The summed E-state index contributed by atoms with van der Waals surface area (Å²) >= 11 is 2.97. The number of hydrogen-bond acceptors (Lipinski definition) is 6. The van der Waals surface area contributed by atoms with E-state index in [0.29, 0.717) is 0 Å². The van der Waals surface area contributed by atoms with Gasteiger partial charge in [0.15, 0.2) is 0 Å². The summed E-state index contributed by atoms with van der Waals surface area (Å²) in [5.74, 6) is -2.16. The van der Waals surface area contributed by atoms with Crippen molar-refractivity contribution in [1.82, 2.24) is 0 Å². The fraction of sp³-hybridized carbons (Fsp3) is 0.375. The molecular weight excluding hydrogens is 320 g/mol. The normalized spacial score (nSPS) is 13.4. The van der Waals surface area contributed by atoms with E-state index in [1.807, 2.05) is 33.7 Å². The molecule has 0 spiro atoms. The average molecular weight is 338 g/mol. The van der Waals surface area contributed by atoms with Crippen LogP contribution in [0.5, 0.6) is 0 Å². The van der Waals surface area contributed by atoms with Crippen LogP contribution in [0.2, 0.25) is 0 Å². The van der Waals surface area contributed by atoms with Gasteiger partial charge >= 0.3 is 11.9 Å². The number of thiophene rings is 2. The molecule has 2 aromatic rings. The van der Waals surface area contributed by atoms with Crippen molar-refractivity contribution in [2.45, 2.75) is 25.7 Å².